The molecule has 0 atom stereocenters. The predicted octanol–water partition coefficient (Wildman–Crippen LogP) is 2.84. The predicted molar refractivity (Wildman–Crippen MR) is 89.9 cm³/mol. The summed E-state index contributed by atoms with van der Waals surface area (Å²) >= 11 is 11.7. The molecule has 0 spiro atoms. The average molecular weight is 403 g/mol. The fraction of sp³-hybridized carbons (Fsp3) is 0.286. The molecule has 12 heteroatoms. The van der Waals surface area contributed by atoms with Crippen molar-refractivity contribution in [1.82, 2.24) is 14.8 Å². The summed E-state index contributed by atoms with van der Waals surface area (Å²) in [7, 11) is 0. The van der Waals surface area contributed by atoms with E-state index in [-0.39, 0.29) is 28.9 Å². The van der Waals surface area contributed by atoms with Crippen molar-refractivity contribution in [1.29, 1.82) is 0 Å². The van der Waals surface area contributed by atoms with Gasteiger partial charge in [0.1, 0.15) is 5.69 Å². The lowest BCUT2D eigenvalue weighted by atomic mass is 10.2. The number of rotatable bonds is 6. The molecule has 138 valence electrons. The Balaban J connectivity index is 2.71. The molecule has 0 N–H and O–H groups in total. The number of carbonyl (C=O) groups excluding carboxylic acids is 2. The van der Waals surface area contributed by atoms with Crippen LogP contribution in [-0.4, -0.2) is 44.8 Å². The highest BCUT2D eigenvalue weighted by Gasteiger charge is 2.28. The van der Waals surface area contributed by atoms with Crippen LogP contribution < -0.4 is 0 Å². The molecule has 0 unspecified atom stereocenters. The van der Waals surface area contributed by atoms with Crippen molar-refractivity contribution in [2.24, 2.45) is 0 Å². The van der Waals surface area contributed by atoms with Gasteiger partial charge in [-0.1, -0.05) is 23.2 Å². The number of hydrogen-bond acceptors (Lipinski definition) is 8. The van der Waals surface area contributed by atoms with Gasteiger partial charge >= 0.3 is 11.9 Å². The summed E-state index contributed by atoms with van der Waals surface area (Å²) in [6.45, 7) is 3.20. The summed E-state index contributed by atoms with van der Waals surface area (Å²) in [5.74, 6) is -2.75. The number of hydrogen-bond donors (Lipinski definition) is 0. The Morgan fingerprint density at radius 1 is 1.15 bits per heavy atom. The summed E-state index contributed by atoms with van der Waals surface area (Å²) in [6.07, 6.45) is 0. The van der Waals surface area contributed by atoms with Gasteiger partial charge in [0.25, 0.3) is 11.5 Å². The maximum atomic E-state index is 12.1. The minimum Gasteiger partial charge on any atom is -0.460 e. The van der Waals surface area contributed by atoms with E-state index in [0.29, 0.717) is 0 Å². The Labute approximate surface area is 156 Å². The van der Waals surface area contributed by atoms with Gasteiger partial charge in [-0.05, 0) is 19.9 Å². The smallest absolute Gasteiger partial charge is 0.378 e. The molecule has 2 aromatic rings. The van der Waals surface area contributed by atoms with Crippen molar-refractivity contribution < 1.29 is 24.0 Å². The van der Waals surface area contributed by atoms with E-state index in [9.17, 15) is 19.7 Å². The first kappa shape index (κ1) is 19.6. The molecule has 0 fully saturated rings. The number of aromatic nitrogens is 3. The van der Waals surface area contributed by atoms with E-state index in [2.05, 4.69) is 10.1 Å². The van der Waals surface area contributed by atoms with E-state index in [4.69, 9.17) is 32.7 Å². The second kappa shape index (κ2) is 8.11. The highest BCUT2D eigenvalue weighted by Crippen LogP contribution is 2.33. The van der Waals surface area contributed by atoms with Crippen LogP contribution in [-0.2, 0) is 9.47 Å². The molecule has 0 radical (unpaired) electrons. The monoisotopic (exact) mass is 402 g/mol. The highest BCUT2D eigenvalue weighted by atomic mass is 35.5. The van der Waals surface area contributed by atoms with Crippen LogP contribution in [0.2, 0.25) is 10.0 Å². The van der Waals surface area contributed by atoms with Crippen LogP contribution in [0.4, 0.5) is 5.69 Å². The fourth-order valence-electron chi connectivity index (χ4n) is 1.93. The van der Waals surface area contributed by atoms with Crippen molar-refractivity contribution in [2.75, 3.05) is 13.2 Å². The van der Waals surface area contributed by atoms with Gasteiger partial charge in [0.2, 0.25) is 5.82 Å². The standard InChI is InChI=1S/C14H12Cl2N4O6/c1-3-25-13(21)11-17-12(14(22)26-4-2)19(18-11)9-5-7(15)8(16)6-10(9)20(23)24/h5-6H,3-4H2,1-2H3. The molecular weight excluding hydrogens is 391 g/mol. The minimum atomic E-state index is -0.934. The number of esters is 2. The first-order valence-corrected chi connectivity index (χ1v) is 8.00. The van der Waals surface area contributed by atoms with Crippen molar-refractivity contribution in [3.8, 4) is 5.69 Å². The third-order valence-electron chi connectivity index (χ3n) is 2.97. The summed E-state index contributed by atoms with van der Waals surface area (Å²) in [5.41, 5.74) is -0.708. The van der Waals surface area contributed by atoms with E-state index >= 15 is 0 Å². The Morgan fingerprint density at radius 2 is 1.73 bits per heavy atom. The molecule has 1 aromatic carbocycles. The number of nitro groups is 1. The Morgan fingerprint density at radius 3 is 2.31 bits per heavy atom. The molecule has 0 aliphatic rings. The third-order valence-corrected chi connectivity index (χ3v) is 3.69. The molecule has 10 nitrogen and oxygen atoms in total. The van der Waals surface area contributed by atoms with Crippen LogP contribution in [0.5, 0.6) is 0 Å². The lowest BCUT2D eigenvalue weighted by Crippen LogP contribution is -2.14. The number of nitrogens with zero attached hydrogens (tertiary/aromatic N) is 4. The lowest BCUT2D eigenvalue weighted by Gasteiger charge is -2.07. The topological polar surface area (TPSA) is 126 Å². The summed E-state index contributed by atoms with van der Waals surface area (Å²) < 4.78 is 10.4. The maximum absolute atomic E-state index is 12.1. The van der Waals surface area contributed by atoms with Gasteiger partial charge in [0, 0.05) is 6.07 Å². The van der Waals surface area contributed by atoms with Crippen molar-refractivity contribution in [3.05, 3.63) is 43.9 Å². The van der Waals surface area contributed by atoms with Crippen molar-refractivity contribution in [2.45, 2.75) is 13.8 Å². The zero-order valence-electron chi connectivity index (χ0n) is 13.6. The van der Waals surface area contributed by atoms with Gasteiger partial charge < -0.3 is 9.47 Å². The minimum absolute atomic E-state index is 0.0178. The molecule has 0 aliphatic carbocycles. The third kappa shape index (κ3) is 3.92. The molecular formula is C14H12Cl2N4O6. The van der Waals surface area contributed by atoms with Gasteiger partial charge in [-0.15, -0.1) is 5.10 Å². The van der Waals surface area contributed by atoms with Gasteiger partial charge in [0.05, 0.1) is 28.2 Å². The quantitative estimate of drug-likeness (QED) is 0.409. The van der Waals surface area contributed by atoms with E-state index in [1.165, 1.54) is 0 Å². The summed E-state index contributed by atoms with van der Waals surface area (Å²) in [6, 6.07) is 2.13. The zero-order valence-corrected chi connectivity index (χ0v) is 15.1. The van der Waals surface area contributed by atoms with Crippen LogP contribution in [0.25, 0.3) is 5.69 Å². The summed E-state index contributed by atoms with van der Waals surface area (Å²) in [4.78, 5) is 38.4. The second-order valence-electron chi connectivity index (χ2n) is 4.62. The number of ether oxygens (including phenoxy) is 2. The van der Waals surface area contributed by atoms with Crippen molar-refractivity contribution >= 4 is 40.8 Å². The molecule has 0 aliphatic heterocycles. The molecule has 0 amide bonds. The number of carbonyl (C=O) groups is 2. The van der Waals surface area contributed by atoms with E-state index in [1.54, 1.807) is 13.8 Å². The van der Waals surface area contributed by atoms with Crippen LogP contribution in [0.1, 0.15) is 35.1 Å². The van der Waals surface area contributed by atoms with E-state index < -0.39 is 34.2 Å². The molecule has 26 heavy (non-hydrogen) atoms. The molecule has 0 bridgehead atoms. The summed E-state index contributed by atoms with van der Waals surface area (Å²) in [5, 5.41) is 15.1. The van der Waals surface area contributed by atoms with Gasteiger partial charge in [-0.3, -0.25) is 10.1 Å². The number of halogens is 2. The Hall–Kier alpha value is -2.72. The van der Waals surface area contributed by atoms with Crippen LogP contribution >= 0.6 is 23.2 Å². The van der Waals surface area contributed by atoms with E-state index in [1.807, 2.05) is 0 Å². The molecule has 1 aromatic heterocycles. The van der Waals surface area contributed by atoms with Crippen LogP contribution in [0, 0.1) is 10.1 Å². The first-order valence-electron chi connectivity index (χ1n) is 7.25. The number of benzene rings is 1. The normalized spacial score (nSPS) is 10.5. The SMILES string of the molecule is CCOC(=O)c1nc(C(=O)OCC)n(-c2cc(Cl)c(Cl)cc2[N+](=O)[O-])n1. The molecule has 2 rings (SSSR count). The average Bonchev–Trinajstić information content (AvgIpc) is 3.02. The van der Waals surface area contributed by atoms with Crippen LogP contribution in [0.15, 0.2) is 12.1 Å². The number of nitro benzene ring substituents is 1. The zero-order chi connectivity index (χ0) is 19.4. The maximum Gasteiger partial charge on any atom is 0.378 e. The van der Waals surface area contributed by atoms with Gasteiger partial charge in [0.15, 0.2) is 0 Å². The molecule has 0 saturated carbocycles. The Kier molecular flexibility index (Phi) is 6.11. The largest absolute Gasteiger partial charge is 0.460 e. The molecule has 1 heterocycles. The van der Waals surface area contributed by atoms with Crippen LogP contribution in [0.3, 0.4) is 0 Å². The van der Waals surface area contributed by atoms with Gasteiger partial charge in [-0.25, -0.2) is 9.59 Å². The van der Waals surface area contributed by atoms with E-state index in [0.717, 1.165) is 16.8 Å². The highest BCUT2D eigenvalue weighted by molar-refractivity contribution is 6.42. The Bertz CT molecular complexity index is 883. The first-order chi connectivity index (χ1) is 12.3. The fourth-order valence-corrected chi connectivity index (χ4v) is 2.25. The second-order valence-corrected chi connectivity index (χ2v) is 5.44. The van der Waals surface area contributed by atoms with Crippen molar-refractivity contribution in [3.63, 3.8) is 0 Å². The molecule has 0 saturated heterocycles. The van der Waals surface area contributed by atoms with Gasteiger partial charge in [-0.2, -0.15) is 9.67 Å². The lowest BCUT2D eigenvalue weighted by molar-refractivity contribution is -0.384.